The summed E-state index contributed by atoms with van der Waals surface area (Å²) < 4.78 is 0. The van der Waals surface area contributed by atoms with Gasteiger partial charge in [0.25, 0.3) is 0 Å². The Bertz CT molecular complexity index is 661. The first kappa shape index (κ1) is 14.9. The highest BCUT2D eigenvalue weighted by atomic mass is 35.5. The third-order valence-corrected chi connectivity index (χ3v) is 3.30. The van der Waals surface area contributed by atoms with Crippen LogP contribution < -0.4 is 5.73 Å². The van der Waals surface area contributed by atoms with E-state index in [-0.39, 0.29) is 0 Å². The average molecular weight is 326 g/mol. The molecule has 0 aromatic heterocycles. The Morgan fingerprint density at radius 1 is 0.950 bits per heavy atom. The number of amidine groups is 1. The van der Waals surface area contributed by atoms with Gasteiger partial charge in [0.1, 0.15) is 5.84 Å². The molecule has 2 nitrogen and oxygen atoms in total. The van der Waals surface area contributed by atoms with Crippen molar-refractivity contribution in [3.63, 3.8) is 0 Å². The zero-order valence-electron chi connectivity index (χ0n) is 10.4. The van der Waals surface area contributed by atoms with Gasteiger partial charge in [0.2, 0.25) is 0 Å². The number of nitrogens with zero attached hydrogens (tertiary/aromatic N) is 1. The molecule has 2 aromatic carbocycles. The summed E-state index contributed by atoms with van der Waals surface area (Å²) >= 11 is 17.7. The second kappa shape index (κ2) is 6.80. The largest absolute Gasteiger partial charge is 0.384 e. The van der Waals surface area contributed by atoms with Gasteiger partial charge >= 0.3 is 0 Å². The summed E-state index contributed by atoms with van der Waals surface area (Å²) in [4.78, 5) is 4.24. The first-order chi connectivity index (χ1) is 9.54. The number of benzene rings is 2. The fourth-order valence-electron chi connectivity index (χ4n) is 1.51. The second-order valence-corrected chi connectivity index (χ2v) is 5.29. The van der Waals surface area contributed by atoms with Crippen LogP contribution in [-0.2, 0) is 0 Å². The maximum absolute atomic E-state index is 6.06. The molecular formula is C15H11Cl3N2. The van der Waals surface area contributed by atoms with Gasteiger partial charge in [-0.1, -0.05) is 40.9 Å². The molecule has 102 valence electrons. The van der Waals surface area contributed by atoms with Gasteiger partial charge in [-0.2, -0.15) is 0 Å². The monoisotopic (exact) mass is 324 g/mol. The molecule has 0 unspecified atom stereocenters. The highest BCUT2D eigenvalue weighted by Crippen LogP contribution is 2.22. The number of aliphatic imine (C=N–C) groups is 1. The molecule has 0 aliphatic heterocycles. The zero-order chi connectivity index (χ0) is 14.5. The molecule has 2 rings (SSSR count). The van der Waals surface area contributed by atoms with Gasteiger partial charge in [0, 0.05) is 15.1 Å². The van der Waals surface area contributed by atoms with E-state index in [4.69, 9.17) is 40.5 Å². The molecule has 0 saturated heterocycles. The fraction of sp³-hybridized carbons (Fsp3) is 0. The van der Waals surface area contributed by atoms with Crippen LogP contribution in [0.2, 0.25) is 15.1 Å². The van der Waals surface area contributed by atoms with Crippen molar-refractivity contribution in [3.05, 3.63) is 69.2 Å². The molecule has 0 aliphatic carbocycles. The van der Waals surface area contributed by atoms with Gasteiger partial charge in [0.15, 0.2) is 0 Å². The van der Waals surface area contributed by atoms with Crippen LogP contribution >= 0.6 is 34.8 Å². The number of rotatable bonds is 3. The highest BCUT2D eigenvalue weighted by Gasteiger charge is 1.97. The number of hydrogen-bond donors (Lipinski definition) is 1. The van der Waals surface area contributed by atoms with Crippen LogP contribution in [0, 0.1) is 0 Å². The molecule has 0 atom stereocenters. The third-order valence-electron chi connectivity index (χ3n) is 2.48. The van der Waals surface area contributed by atoms with Crippen molar-refractivity contribution in [1.82, 2.24) is 0 Å². The first-order valence-electron chi connectivity index (χ1n) is 5.77. The molecule has 0 amide bonds. The summed E-state index contributed by atoms with van der Waals surface area (Å²) in [6, 6.07) is 12.4. The Morgan fingerprint density at radius 2 is 1.60 bits per heavy atom. The average Bonchev–Trinajstić information content (AvgIpc) is 2.40. The van der Waals surface area contributed by atoms with E-state index in [0.29, 0.717) is 20.9 Å². The lowest BCUT2D eigenvalue weighted by Gasteiger charge is -1.99. The molecular weight excluding hydrogens is 315 g/mol. The summed E-state index contributed by atoms with van der Waals surface area (Å²) in [5.74, 6) is 0.373. The highest BCUT2D eigenvalue weighted by molar-refractivity contribution is 6.35. The molecule has 0 fully saturated rings. The minimum absolute atomic E-state index is 0.373. The van der Waals surface area contributed by atoms with E-state index in [1.807, 2.05) is 6.07 Å². The Kier molecular flexibility index (Phi) is 5.07. The van der Waals surface area contributed by atoms with Crippen molar-refractivity contribution in [2.24, 2.45) is 10.7 Å². The third kappa shape index (κ3) is 4.27. The minimum atomic E-state index is 0.373. The molecule has 2 N–H and O–H groups in total. The lowest BCUT2D eigenvalue weighted by molar-refractivity contribution is 1.48. The van der Waals surface area contributed by atoms with E-state index in [0.717, 1.165) is 11.3 Å². The molecule has 2 aromatic rings. The van der Waals surface area contributed by atoms with Crippen molar-refractivity contribution in [2.75, 3.05) is 0 Å². The van der Waals surface area contributed by atoms with Gasteiger partial charge in [-0.3, -0.25) is 0 Å². The van der Waals surface area contributed by atoms with Crippen LogP contribution in [0.3, 0.4) is 0 Å². The quantitative estimate of drug-likeness (QED) is 0.599. The fourth-order valence-corrected chi connectivity index (χ4v) is 2.11. The van der Waals surface area contributed by atoms with E-state index in [9.17, 15) is 0 Å². The van der Waals surface area contributed by atoms with Crippen molar-refractivity contribution in [1.29, 1.82) is 0 Å². The predicted octanol–water partition coefficient (Wildman–Crippen LogP) is 5.35. The molecule has 0 saturated carbocycles. The minimum Gasteiger partial charge on any atom is -0.384 e. The van der Waals surface area contributed by atoms with Gasteiger partial charge in [-0.15, -0.1) is 0 Å². The second-order valence-electron chi connectivity index (χ2n) is 4.01. The summed E-state index contributed by atoms with van der Waals surface area (Å²) in [6.45, 7) is 0. The molecule has 0 radical (unpaired) electrons. The van der Waals surface area contributed by atoms with Gasteiger partial charge in [-0.25, -0.2) is 4.99 Å². The first-order valence-corrected chi connectivity index (χ1v) is 6.91. The summed E-state index contributed by atoms with van der Waals surface area (Å²) in [5, 5.41) is 1.81. The van der Waals surface area contributed by atoms with Crippen LogP contribution in [0.5, 0.6) is 0 Å². The van der Waals surface area contributed by atoms with Crippen LogP contribution in [0.4, 0.5) is 5.69 Å². The van der Waals surface area contributed by atoms with Crippen molar-refractivity contribution >= 4 is 52.4 Å². The van der Waals surface area contributed by atoms with E-state index in [1.165, 1.54) is 0 Å². The lowest BCUT2D eigenvalue weighted by atomic mass is 10.2. The molecule has 0 heterocycles. The van der Waals surface area contributed by atoms with Crippen molar-refractivity contribution in [2.45, 2.75) is 0 Å². The lowest BCUT2D eigenvalue weighted by Crippen LogP contribution is -2.06. The van der Waals surface area contributed by atoms with Crippen LogP contribution in [0.25, 0.3) is 6.08 Å². The molecule has 20 heavy (non-hydrogen) atoms. The SMILES string of the molecule is NC(C=Cc1ccc(Cl)cc1Cl)=Nc1ccc(Cl)cc1. The maximum Gasteiger partial charge on any atom is 0.124 e. The predicted molar refractivity (Wildman–Crippen MR) is 88.2 cm³/mol. The van der Waals surface area contributed by atoms with Crippen LogP contribution in [0.15, 0.2) is 53.5 Å². The van der Waals surface area contributed by atoms with Gasteiger partial charge < -0.3 is 5.73 Å². The smallest absolute Gasteiger partial charge is 0.124 e. The normalized spacial score (nSPS) is 12.1. The van der Waals surface area contributed by atoms with E-state index < -0.39 is 0 Å². The summed E-state index contributed by atoms with van der Waals surface area (Å²) in [6.07, 6.45) is 3.47. The molecule has 5 heteroatoms. The Balaban J connectivity index is 2.16. The molecule has 0 bridgehead atoms. The maximum atomic E-state index is 6.06. The number of nitrogens with two attached hydrogens (primary N) is 1. The zero-order valence-corrected chi connectivity index (χ0v) is 12.6. The molecule has 0 spiro atoms. The Morgan fingerprint density at radius 3 is 2.25 bits per heavy atom. The summed E-state index contributed by atoms with van der Waals surface area (Å²) in [5.41, 5.74) is 7.39. The van der Waals surface area contributed by atoms with Crippen LogP contribution in [0.1, 0.15) is 5.56 Å². The number of halogens is 3. The standard InChI is InChI=1S/C15H11Cl3N2/c16-11-4-6-13(7-5-11)20-15(19)8-2-10-1-3-12(17)9-14(10)18/h1-9H,(H2,19,20). The summed E-state index contributed by atoms with van der Waals surface area (Å²) in [7, 11) is 0. The Labute approximate surface area is 132 Å². The van der Waals surface area contributed by atoms with Gasteiger partial charge in [-0.05, 0) is 54.1 Å². The van der Waals surface area contributed by atoms with Gasteiger partial charge in [0.05, 0.1) is 5.69 Å². The van der Waals surface area contributed by atoms with E-state index >= 15 is 0 Å². The number of hydrogen-bond acceptors (Lipinski definition) is 1. The topological polar surface area (TPSA) is 38.4 Å². The van der Waals surface area contributed by atoms with Crippen LogP contribution in [-0.4, -0.2) is 5.84 Å². The van der Waals surface area contributed by atoms with E-state index in [1.54, 1.807) is 48.6 Å². The van der Waals surface area contributed by atoms with Crippen molar-refractivity contribution in [3.8, 4) is 0 Å². The van der Waals surface area contributed by atoms with E-state index in [2.05, 4.69) is 4.99 Å². The van der Waals surface area contributed by atoms with Crippen molar-refractivity contribution < 1.29 is 0 Å². The Hall–Kier alpha value is -1.48. The molecule has 0 aliphatic rings.